The summed E-state index contributed by atoms with van der Waals surface area (Å²) in [5, 5.41) is 12.9. The Kier molecular flexibility index (Phi) is 5.66. The Morgan fingerprint density at radius 3 is 2.73 bits per heavy atom. The Hall–Kier alpha value is -1.75. The van der Waals surface area contributed by atoms with E-state index in [2.05, 4.69) is 5.32 Å². The number of carbonyl (C=O) groups is 1. The number of aliphatic hydroxyl groups is 1. The van der Waals surface area contributed by atoms with E-state index in [4.69, 9.17) is 4.74 Å². The van der Waals surface area contributed by atoms with Crippen LogP contribution in [0.2, 0.25) is 0 Å². The topological polar surface area (TPSA) is 61.8 Å². The Morgan fingerprint density at radius 1 is 1.45 bits per heavy atom. The first-order valence-corrected chi connectivity index (χ1v) is 7.97. The highest BCUT2D eigenvalue weighted by atomic mass is 16.5. The van der Waals surface area contributed by atoms with Crippen molar-refractivity contribution >= 4 is 6.03 Å². The van der Waals surface area contributed by atoms with Gasteiger partial charge in [-0.2, -0.15) is 0 Å². The number of carbonyl (C=O) groups excluding carboxylic acids is 1. The zero-order valence-corrected chi connectivity index (χ0v) is 13.6. The Labute approximate surface area is 132 Å². The molecule has 1 aromatic carbocycles. The highest BCUT2D eigenvalue weighted by Gasteiger charge is 2.27. The number of amides is 2. The third-order valence-electron chi connectivity index (χ3n) is 4.24. The van der Waals surface area contributed by atoms with Crippen LogP contribution in [-0.2, 0) is 0 Å². The van der Waals surface area contributed by atoms with Gasteiger partial charge in [-0.25, -0.2) is 4.79 Å². The highest BCUT2D eigenvalue weighted by Crippen LogP contribution is 2.20. The van der Waals surface area contributed by atoms with Gasteiger partial charge in [0.15, 0.2) is 0 Å². The first-order valence-electron chi connectivity index (χ1n) is 7.97. The summed E-state index contributed by atoms with van der Waals surface area (Å²) in [4.78, 5) is 14.0. The molecule has 1 aromatic rings. The molecule has 3 atom stereocenters. The molecule has 1 aliphatic heterocycles. The first-order chi connectivity index (χ1) is 10.5. The predicted octanol–water partition coefficient (Wildman–Crippen LogP) is 2.56. The smallest absolute Gasteiger partial charge is 0.317 e. The summed E-state index contributed by atoms with van der Waals surface area (Å²) in [6, 6.07) is 7.54. The quantitative estimate of drug-likeness (QED) is 0.898. The van der Waals surface area contributed by atoms with Crippen LogP contribution in [0.5, 0.6) is 5.75 Å². The number of benzene rings is 1. The standard InChI is InChI=1S/C17H26N2O3/c1-4-22-15-7-5-14(6-8-15)13(3)18-17(21)19-10-9-12(2)16(20)11-19/h5-8,12-13,16,20H,4,9-11H2,1-3H3,(H,18,21). The molecule has 0 bridgehead atoms. The van der Waals surface area contributed by atoms with Crippen molar-refractivity contribution in [1.29, 1.82) is 0 Å². The fourth-order valence-corrected chi connectivity index (χ4v) is 2.61. The van der Waals surface area contributed by atoms with Gasteiger partial charge >= 0.3 is 6.03 Å². The number of aliphatic hydroxyl groups excluding tert-OH is 1. The van der Waals surface area contributed by atoms with Crippen LogP contribution >= 0.6 is 0 Å². The van der Waals surface area contributed by atoms with Crippen LogP contribution in [0.25, 0.3) is 0 Å². The lowest BCUT2D eigenvalue weighted by atomic mass is 9.96. The summed E-state index contributed by atoms with van der Waals surface area (Å²) in [7, 11) is 0. The molecule has 2 N–H and O–H groups in total. The Balaban J connectivity index is 1.90. The molecule has 1 fully saturated rings. The van der Waals surface area contributed by atoms with Crippen molar-refractivity contribution in [1.82, 2.24) is 10.2 Å². The van der Waals surface area contributed by atoms with Crippen molar-refractivity contribution < 1.29 is 14.6 Å². The molecule has 1 aliphatic rings. The lowest BCUT2D eigenvalue weighted by molar-refractivity contribution is 0.0431. The molecule has 0 aliphatic carbocycles. The molecule has 2 rings (SSSR count). The van der Waals surface area contributed by atoms with E-state index in [1.165, 1.54) is 0 Å². The average Bonchev–Trinajstić information content (AvgIpc) is 2.51. The van der Waals surface area contributed by atoms with Crippen LogP contribution in [0, 0.1) is 5.92 Å². The number of rotatable bonds is 4. The SMILES string of the molecule is CCOc1ccc(C(C)NC(=O)N2CCC(C)C(O)C2)cc1. The molecule has 3 unspecified atom stereocenters. The van der Waals surface area contributed by atoms with Gasteiger partial charge in [0.1, 0.15) is 5.75 Å². The monoisotopic (exact) mass is 306 g/mol. The molecule has 22 heavy (non-hydrogen) atoms. The second-order valence-electron chi connectivity index (χ2n) is 5.95. The third-order valence-corrected chi connectivity index (χ3v) is 4.24. The van der Waals surface area contributed by atoms with Gasteiger partial charge < -0.3 is 20.1 Å². The summed E-state index contributed by atoms with van der Waals surface area (Å²) < 4.78 is 5.42. The van der Waals surface area contributed by atoms with Crippen LogP contribution in [0.4, 0.5) is 4.79 Å². The van der Waals surface area contributed by atoms with E-state index in [0.717, 1.165) is 17.7 Å². The summed E-state index contributed by atoms with van der Waals surface area (Å²) in [6.07, 6.45) is 0.409. The summed E-state index contributed by atoms with van der Waals surface area (Å²) in [5.41, 5.74) is 1.03. The molecule has 1 heterocycles. The van der Waals surface area contributed by atoms with Crippen LogP contribution in [0.15, 0.2) is 24.3 Å². The van der Waals surface area contributed by atoms with Crippen LogP contribution in [0.1, 0.15) is 38.8 Å². The fourth-order valence-electron chi connectivity index (χ4n) is 2.61. The van der Waals surface area contributed by atoms with Crippen LogP contribution < -0.4 is 10.1 Å². The minimum atomic E-state index is -0.430. The maximum Gasteiger partial charge on any atom is 0.317 e. The number of urea groups is 1. The largest absolute Gasteiger partial charge is 0.494 e. The number of β-amino-alcohol motifs (C(OH)–C–C–N with tert-alkyl or cyclic N) is 1. The maximum absolute atomic E-state index is 12.3. The summed E-state index contributed by atoms with van der Waals surface area (Å²) in [6.45, 7) is 7.66. The first kappa shape index (κ1) is 16.6. The average molecular weight is 306 g/mol. The van der Waals surface area contributed by atoms with Gasteiger partial charge in [-0.3, -0.25) is 0 Å². The molecule has 122 valence electrons. The maximum atomic E-state index is 12.3. The van der Waals surface area contributed by atoms with Gasteiger partial charge in [0.05, 0.1) is 18.8 Å². The minimum absolute atomic E-state index is 0.0836. The van der Waals surface area contributed by atoms with Gasteiger partial charge in [-0.1, -0.05) is 19.1 Å². The summed E-state index contributed by atoms with van der Waals surface area (Å²) in [5.74, 6) is 1.09. The van der Waals surface area contributed by atoms with Crippen molar-refractivity contribution in [3.05, 3.63) is 29.8 Å². The Bertz CT molecular complexity index is 489. The van der Waals surface area contributed by atoms with Crippen molar-refractivity contribution in [3.8, 4) is 5.75 Å². The fraction of sp³-hybridized carbons (Fsp3) is 0.588. The van der Waals surface area contributed by atoms with Crippen molar-refractivity contribution in [2.24, 2.45) is 5.92 Å². The molecular formula is C17H26N2O3. The van der Waals surface area contributed by atoms with Crippen molar-refractivity contribution in [2.45, 2.75) is 39.3 Å². The number of piperidine rings is 1. The number of hydrogen-bond donors (Lipinski definition) is 2. The van der Waals surface area contributed by atoms with Gasteiger partial charge in [0.25, 0.3) is 0 Å². The zero-order valence-electron chi connectivity index (χ0n) is 13.6. The van der Waals surface area contributed by atoms with Crippen LogP contribution in [-0.4, -0.2) is 41.8 Å². The van der Waals surface area contributed by atoms with Crippen LogP contribution in [0.3, 0.4) is 0 Å². The minimum Gasteiger partial charge on any atom is -0.494 e. The van der Waals surface area contributed by atoms with Gasteiger partial charge in [0, 0.05) is 13.1 Å². The van der Waals surface area contributed by atoms with Crippen molar-refractivity contribution in [2.75, 3.05) is 19.7 Å². The summed E-state index contributed by atoms with van der Waals surface area (Å²) >= 11 is 0. The molecular weight excluding hydrogens is 280 g/mol. The van der Waals surface area contributed by atoms with E-state index < -0.39 is 6.10 Å². The van der Waals surface area contributed by atoms with Crippen molar-refractivity contribution in [3.63, 3.8) is 0 Å². The van der Waals surface area contributed by atoms with E-state index in [9.17, 15) is 9.90 Å². The highest BCUT2D eigenvalue weighted by molar-refractivity contribution is 5.74. The predicted molar refractivity (Wildman–Crippen MR) is 85.9 cm³/mol. The molecule has 5 heteroatoms. The van der Waals surface area contributed by atoms with E-state index in [-0.39, 0.29) is 18.0 Å². The van der Waals surface area contributed by atoms with Gasteiger partial charge in [-0.05, 0) is 43.9 Å². The number of ether oxygens (including phenoxy) is 1. The number of likely N-dealkylation sites (tertiary alicyclic amines) is 1. The molecule has 0 saturated carbocycles. The molecule has 0 aromatic heterocycles. The number of hydrogen-bond acceptors (Lipinski definition) is 3. The zero-order chi connectivity index (χ0) is 16.1. The van der Waals surface area contributed by atoms with Gasteiger partial charge in [-0.15, -0.1) is 0 Å². The molecule has 0 spiro atoms. The second kappa shape index (κ2) is 7.49. The number of nitrogens with zero attached hydrogens (tertiary/aromatic N) is 1. The molecule has 0 radical (unpaired) electrons. The third kappa shape index (κ3) is 4.13. The Morgan fingerprint density at radius 2 is 2.14 bits per heavy atom. The molecule has 2 amide bonds. The lowest BCUT2D eigenvalue weighted by Crippen LogP contribution is -2.50. The van der Waals surface area contributed by atoms with E-state index in [1.807, 2.05) is 45.0 Å². The van der Waals surface area contributed by atoms with E-state index in [1.54, 1.807) is 4.90 Å². The van der Waals surface area contributed by atoms with Gasteiger partial charge in [0.2, 0.25) is 0 Å². The molecule has 1 saturated heterocycles. The molecule has 5 nitrogen and oxygen atoms in total. The van der Waals surface area contributed by atoms with E-state index >= 15 is 0 Å². The lowest BCUT2D eigenvalue weighted by Gasteiger charge is -2.35. The second-order valence-corrected chi connectivity index (χ2v) is 5.95. The normalized spacial score (nSPS) is 23.0. The van der Waals surface area contributed by atoms with E-state index in [0.29, 0.717) is 19.7 Å². The number of nitrogens with one attached hydrogen (secondary N) is 1.